The minimum atomic E-state index is -0.0164. The van der Waals surface area contributed by atoms with E-state index in [0.29, 0.717) is 6.54 Å². The molecular formula is C20H24N2O2. The van der Waals surface area contributed by atoms with Gasteiger partial charge in [0.15, 0.2) is 0 Å². The summed E-state index contributed by atoms with van der Waals surface area (Å²) in [6.07, 6.45) is 3.44. The van der Waals surface area contributed by atoms with E-state index in [4.69, 9.17) is 4.74 Å². The fourth-order valence-corrected chi connectivity index (χ4v) is 2.99. The Morgan fingerprint density at radius 1 is 1.42 bits per heavy atom. The maximum Gasteiger partial charge on any atom is 0.222 e. The van der Waals surface area contributed by atoms with Crippen LogP contribution in [0.4, 0.5) is 0 Å². The largest absolute Gasteiger partial charge is 0.487 e. The van der Waals surface area contributed by atoms with Crippen LogP contribution in [0.25, 0.3) is 11.3 Å². The minimum Gasteiger partial charge on any atom is -0.487 e. The average molecular weight is 324 g/mol. The monoisotopic (exact) mass is 324 g/mol. The fourth-order valence-electron chi connectivity index (χ4n) is 2.99. The van der Waals surface area contributed by atoms with Crippen LogP contribution in [0.2, 0.25) is 0 Å². The van der Waals surface area contributed by atoms with Crippen molar-refractivity contribution in [3.8, 4) is 17.0 Å². The molecule has 1 aliphatic heterocycles. The van der Waals surface area contributed by atoms with Crippen LogP contribution in [0.1, 0.15) is 31.4 Å². The Balaban J connectivity index is 1.76. The first kappa shape index (κ1) is 16.5. The van der Waals surface area contributed by atoms with Gasteiger partial charge in [-0.05, 0) is 42.7 Å². The molecule has 4 nitrogen and oxygen atoms in total. The third-order valence-corrected chi connectivity index (χ3v) is 4.55. The predicted molar refractivity (Wildman–Crippen MR) is 95.0 cm³/mol. The Labute approximate surface area is 143 Å². The lowest BCUT2D eigenvalue weighted by atomic mass is 10.0. The highest BCUT2D eigenvalue weighted by Gasteiger charge is 2.27. The molecule has 1 aliphatic rings. The number of hydrogen-bond acceptors (Lipinski definition) is 3. The van der Waals surface area contributed by atoms with Gasteiger partial charge in [0.1, 0.15) is 11.9 Å². The Morgan fingerprint density at radius 3 is 2.96 bits per heavy atom. The zero-order valence-corrected chi connectivity index (χ0v) is 14.5. The van der Waals surface area contributed by atoms with Gasteiger partial charge >= 0.3 is 0 Å². The summed E-state index contributed by atoms with van der Waals surface area (Å²) >= 11 is 0. The number of benzene rings is 1. The molecule has 1 aromatic carbocycles. The van der Waals surface area contributed by atoms with Gasteiger partial charge in [0.05, 0.1) is 12.2 Å². The van der Waals surface area contributed by atoms with Crippen molar-refractivity contribution in [3.63, 3.8) is 0 Å². The van der Waals surface area contributed by atoms with Gasteiger partial charge in [0.2, 0.25) is 5.91 Å². The SMILES string of the molecule is CC[C@H](C)C(=O)NC[C@@H]1Cc2cc(C)cc(-c3ccccn3)c2O1. The number of aromatic nitrogens is 1. The van der Waals surface area contributed by atoms with Crippen molar-refractivity contribution in [3.05, 3.63) is 47.7 Å². The second-order valence-electron chi connectivity index (χ2n) is 6.51. The summed E-state index contributed by atoms with van der Waals surface area (Å²) in [6.45, 7) is 6.60. The highest BCUT2D eigenvalue weighted by Crippen LogP contribution is 2.39. The summed E-state index contributed by atoms with van der Waals surface area (Å²) in [5, 5.41) is 3.00. The van der Waals surface area contributed by atoms with Crippen LogP contribution < -0.4 is 10.1 Å². The molecule has 24 heavy (non-hydrogen) atoms. The molecule has 2 heterocycles. The lowest BCUT2D eigenvalue weighted by Crippen LogP contribution is -2.37. The predicted octanol–water partition coefficient (Wildman–Crippen LogP) is 3.52. The van der Waals surface area contributed by atoms with Crippen LogP contribution in [-0.4, -0.2) is 23.5 Å². The molecule has 0 saturated heterocycles. The number of carbonyl (C=O) groups is 1. The molecule has 2 atom stereocenters. The van der Waals surface area contributed by atoms with Crippen molar-refractivity contribution in [2.24, 2.45) is 5.92 Å². The van der Waals surface area contributed by atoms with Gasteiger partial charge in [-0.2, -0.15) is 0 Å². The number of aryl methyl sites for hydroxylation is 1. The molecule has 0 fully saturated rings. The van der Waals surface area contributed by atoms with Crippen molar-refractivity contribution >= 4 is 5.91 Å². The second kappa shape index (κ2) is 7.04. The zero-order chi connectivity index (χ0) is 17.1. The molecule has 0 aliphatic carbocycles. The quantitative estimate of drug-likeness (QED) is 0.915. The van der Waals surface area contributed by atoms with E-state index in [2.05, 4.69) is 29.4 Å². The van der Waals surface area contributed by atoms with Crippen LogP contribution in [0, 0.1) is 12.8 Å². The summed E-state index contributed by atoms with van der Waals surface area (Å²) in [4.78, 5) is 16.4. The van der Waals surface area contributed by atoms with E-state index in [1.54, 1.807) is 6.20 Å². The van der Waals surface area contributed by atoms with Gasteiger partial charge in [0.25, 0.3) is 0 Å². The van der Waals surface area contributed by atoms with Crippen LogP contribution in [0.3, 0.4) is 0 Å². The van der Waals surface area contributed by atoms with Crippen LogP contribution in [0.15, 0.2) is 36.5 Å². The Kier molecular flexibility index (Phi) is 4.84. The Bertz CT molecular complexity index is 728. The summed E-state index contributed by atoms with van der Waals surface area (Å²) in [7, 11) is 0. The molecule has 0 unspecified atom stereocenters. The Hall–Kier alpha value is -2.36. The molecule has 0 saturated carbocycles. The number of nitrogens with zero attached hydrogens (tertiary/aromatic N) is 1. The molecule has 1 aromatic heterocycles. The van der Waals surface area contributed by atoms with Crippen LogP contribution >= 0.6 is 0 Å². The number of amides is 1. The first-order valence-corrected chi connectivity index (χ1v) is 8.57. The first-order chi connectivity index (χ1) is 11.6. The van der Waals surface area contributed by atoms with E-state index in [9.17, 15) is 4.79 Å². The van der Waals surface area contributed by atoms with E-state index >= 15 is 0 Å². The number of ether oxygens (including phenoxy) is 1. The van der Waals surface area contributed by atoms with E-state index < -0.39 is 0 Å². The molecule has 0 spiro atoms. The molecule has 4 heteroatoms. The van der Waals surface area contributed by atoms with E-state index in [1.807, 2.05) is 32.0 Å². The molecule has 3 rings (SSSR count). The lowest BCUT2D eigenvalue weighted by Gasteiger charge is -2.15. The summed E-state index contributed by atoms with van der Waals surface area (Å²) < 4.78 is 6.16. The molecule has 1 amide bonds. The summed E-state index contributed by atoms with van der Waals surface area (Å²) in [6, 6.07) is 10.2. The normalized spacial score (nSPS) is 17.0. The van der Waals surface area contributed by atoms with Gasteiger partial charge in [-0.15, -0.1) is 0 Å². The highest BCUT2D eigenvalue weighted by molar-refractivity contribution is 5.78. The van der Waals surface area contributed by atoms with Gasteiger partial charge in [-0.1, -0.05) is 26.0 Å². The van der Waals surface area contributed by atoms with Gasteiger partial charge in [-0.3, -0.25) is 9.78 Å². The summed E-state index contributed by atoms with van der Waals surface area (Å²) in [5.41, 5.74) is 4.34. The van der Waals surface area contributed by atoms with Crippen LogP contribution in [0.5, 0.6) is 5.75 Å². The second-order valence-corrected chi connectivity index (χ2v) is 6.51. The fraction of sp³-hybridized carbons (Fsp3) is 0.400. The van der Waals surface area contributed by atoms with Crippen LogP contribution in [-0.2, 0) is 11.2 Å². The molecule has 0 bridgehead atoms. The molecular weight excluding hydrogens is 300 g/mol. The van der Waals surface area contributed by atoms with E-state index in [0.717, 1.165) is 29.8 Å². The summed E-state index contributed by atoms with van der Waals surface area (Å²) in [5.74, 6) is 1.04. The number of hydrogen-bond donors (Lipinski definition) is 1. The first-order valence-electron chi connectivity index (χ1n) is 8.57. The van der Waals surface area contributed by atoms with Crippen molar-refractivity contribution < 1.29 is 9.53 Å². The molecule has 2 aromatic rings. The zero-order valence-electron chi connectivity index (χ0n) is 14.5. The number of pyridine rings is 1. The topological polar surface area (TPSA) is 51.2 Å². The van der Waals surface area contributed by atoms with E-state index in [1.165, 1.54) is 11.1 Å². The number of carbonyl (C=O) groups excluding carboxylic acids is 1. The van der Waals surface area contributed by atoms with Crippen molar-refractivity contribution in [2.45, 2.75) is 39.7 Å². The van der Waals surface area contributed by atoms with Gasteiger partial charge in [-0.25, -0.2) is 0 Å². The third-order valence-electron chi connectivity index (χ3n) is 4.55. The van der Waals surface area contributed by atoms with Crippen molar-refractivity contribution in [2.75, 3.05) is 6.54 Å². The maximum absolute atomic E-state index is 12.0. The number of fused-ring (bicyclic) bond motifs is 1. The van der Waals surface area contributed by atoms with Gasteiger partial charge in [0, 0.05) is 24.1 Å². The Morgan fingerprint density at radius 2 is 2.25 bits per heavy atom. The minimum absolute atomic E-state index is 0.0164. The van der Waals surface area contributed by atoms with Crippen molar-refractivity contribution in [1.82, 2.24) is 10.3 Å². The third kappa shape index (κ3) is 3.42. The van der Waals surface area contributed by atoms with Crippen molar-refractivity contribution in [1.29, 1.82) is 0 Å². The van der Waals surface area contributed by atoms with Gasteiger partial charge < -0.3 is 10.1 Å². The maximum atomic E-state index is 12.0. The standard InChI is InChI=1S/C20H24N2O2/c1-4-14(3)20(23)22-12-16-11-15-9-13(2)10-17(19(15)24-16)18-7-5-6-8-21-18/h5-10,14,16H,4,11-12H2,1-3H3,(H,22,23)/t14-,16-/m0/s1. The number of rotatable bonds is 5. The average Bonchev–Trinajstić information content (AvgIpc) is 3.01. The van der Waals surface area contributed by atoms with E-state index in [-0.39, 0.29) is 17.9 Å². The molecule has 126 valence electrons. The lowest BCUT2D eigenvalue weighted by molar-refractivity contribution is -0.124. The molecule has 0 radical (unpaired) electrons. The smallest absolute Gasteiger partial charge is 0.222 e. The molecule has 1 N–H and O–H groups in total. The highest BCUT2D eigenvalue weighted by atomic mass is 16.5. The number of nitrogens with one attached hydrogen (secondary N) is 1.